The van der Waals surface area contributed by atoms with Crippen LogP contribution in [-0.4, -0.2) is 34.3 Å². The third kappa shape index (κ3) is 5.91. The maximum absolute atomic E-state index is 4.43. The van der Waals surface area contributed by atoms with Crippen molar-refractivity contribution in [2.45, 2.75) is 33.4 Å². The number of aryl methyl sites for hydroxylation is 3. The molecule has 2 aromatic heterocycles. The van der Waals surface area contributed by atoms with Gasteiger partial charge in [-0.3, -0.25) is 9.67 Å². The molecule has 0 aliphatic rings. The number of nitrogens with one attached hydrogen (secondary N) is 2. The minimum atomic E-state index is 0. The van der Waals surface area contributed by atoms with Gasteiger partial charge in [0, 0.05) is 37.4 Å². The second-order valence-corrected chi connectivity index (χ2v) is 6.00. The molecule has 0 atom stereocenters. The molecule has 0 spiro atoms. The van der Waals surface area contributed by atoms with Crippen LogP contribution in [0.15, 0.2) is 23.5 Å². The fourth-order valence-corrected chi connectivity index (χ4v) is 2.88. The second-order valence-electron chi connectivity index (χ2n) is 4.72. The Bertz CT molecular complexity index is 578. The molecule has 8 heteroatoms. The Morgan fingerprint density at radius 2 is 2.18 bits per heavy atom. The van der Waals surface area contributed by atoms with E-state index in [1.807, 2.05) is 30.8 Å². The lowest BCUT2D eigenvalue weighted by atomic mass is 10.4. The number of guanidine groups is 1. The Morgan fingerprint density at radius 1 is 1.36 bits per heavy atom. The minimum absolute atomic E-state index is 0. The van der Waals surface area contributed by atoms with Crippen LogP contribution in [-0.2, 0) is 13.1 Å². The molecule has 6 nitrogen and oxygen atoms in total. The van der Waals surface area contributed by atoms with Crippen molar-refractivity contribution < 1.29 is 0 Å². The van der Waals surface area contributed by atoms with Gasteiger partial charge in [0.25, 0.3) is 0 Å². The summed E-state index contributed by atoms with van der Waals surface area (Å²) in [5.41, 5.74) is 1.10. The molecule has 0 aromatic carbocycles. The highest BCUT2D eigenvalue weighted by Crippen LogP contribution is 2.16. The van der Waals surface area contributed by atoms with Crippen molar-refractivity contribution in [1.82, 2.24) is 25.4 Å². The van der Waals surface area contributed by atoms with Crippen LogP contribution in [0.3, 0.4) is 0 Å². The van der Waals surface area contributed by atoms with Crippen molar-refractivity contribution in [3.8, 4) is 0 Å². The van der Waals surface area contributed by atoms with E-state index >= 15 is 0 Å². The maximum Gasteiger partial charge on any atom is 0.191 e. The molecule has 2 rings (SSSR count). The normalized spacial score (nSPS) is 11.1. The van der Waals surface area contributed by atoms with Gasteiger partial charge < -0.3 is 10.6 Å². The van der Waals surface area contributed by atoms with Crippen molar-refractivity contribution >= 4 is 41.3 Å². The summed E-state index contributed by atoms with van der Waals surface area (Å²) in [5, 5.41) is 11.9. The lowest BCUT2D eigenvalue weighted by molar-refractivity contribution is 0.570. The van der Waals surface area contributed by atoms with Crippen LogP contribution in [0.5, 0.6) is 0 Å². The van der Waals surface area contributed by atoms with E-state index in [2.05, 4.69) is 25.7 Å². The van der Waals surface area contributed by atoms with E-state index in [0.717, 1.165) is 42.7 Å². The van der Waals surface area contributed by atoms with Gasteiger partial charge in [0.05, 0.1) is 17.2 Å². The van der Waals surface area contributed by atoms with Crippen LogP contribution in [0.1, 0.15) is 22.0 Å². The Kier molecular flexibility index (Phi) is 8.39. The first kappa shape index (κ1) is 18.9. The fraction of sp³-hybridized carbons (Fsp3) is 0.500. The van der Waals surface area contributed by atoms with Crippen LogP contribution >= 0.6 is 35.3 Å². The number of halogens is 1. The Balaban J connectivity index is 0.00000242. The van der Waals surface area contributed by atoms with Crippen molar-refractivity contribution in [2.24, 2.45) is 4.99 Å². The van der Waals surface area contributed by atoms with Gasteiger partial charge >= 0.3 is 0 Å². The SMILES string of the molecule is CN=C(NCCCn1cccn1)NCc1sc(C)nc1C.I. The monoisotopic (exact) mass is 434 g/mol. The number of aromatic nitrogens is 3. The predicted molar refractivity (Wildman–Crippen MR) is 102 cm³/mol. The predicted octanol–water partition coefficient (Wildman–Crippen LogP) is 2.33. The first-order valence-electron chi connectivity index (χ1n) is 7.04. The van der Waals surface area contributed by atoms with E-state index in [-0.39, 0.29) is 24.0 Å². The molecule has 0 aliphatic carbocycles. The summed E-state index contributed by atoms with van der Waals surface area (Å²) in [6.45, 7) is 6.60. The van der Waals surface area contributed by atoms with Gasteiger partial charge in [0.15, 0.2) is 5.96 Å². The van der Waals surface area contributed by atoms with E-state index in [1.165, 1.54) is 4.88 Å². The topological polar surface area (TPSA) is 67.1 Å². The third-order valence-electron chi connectivity index (χ3n) is 3.06. The summed E-state index contributed by atoms with van der Waals surface area (Å²) in [7, 11) is 1.79. The quantitative estimate of drug-likeness (QED) is 0.317. The van der Waals surface area contributed by atoms with E-state index in [1.54, 1.807) is 24.6 Å². The Morgan fingerprint density at radius 3 is 2.77 bits per heavy atom. The van der Waals surface area contributed by atoms with Crippen LogP contribution in [0, 0.1) is 13.8 Å². The molecular formula is C14H23IN6S. The number of nitrogens with zero attached hydrogens (tertiary/aromatic N) is 4. The zero-order valence-electron chi connectivity index (χ0n) is 13.2. The van der Waals surface area contributed by atoms with E-state index in [4.69, 9.17) is 0 Å². The van der Waals surface area contributed by atoms with Crippen LogP contribution in [0.25, 0.3) is 0 Å². The summed E-state index contributed by atoms with van der Waals surface area (Å²) in [6.07, 6.45) is 4.77. The van der Waals surface area contributed by atoms with E-state index in [9.17, 15) is 0 Å². The van der Waals surface area contributed by atoms with Crippen LogP contribution in [0.4, 0.5) is 0 Å². The number of hydrogen-bond acceptors (Lipinski definition) is 4. The molecule has 0 saturated heterocycles. The molecule has 122 valence electrons. The molecule has 0 amide bonds. The zero-order valence-corrected chi connectivity index (χ0v) is 16.3. The van der Waals surface area contributed by atoms with Crippen molar-refractivity contribution in [2.75, 3.05) is 13.6 Å². The highest BCUT2D eigenvalue weighted by Gasteiger charge is 2.05. The van der Waals surface area contributed by atoms with Gasteiger partial charge in [-0.1, -0.05) is 0 Å². The third-order valence-corrected chi connectivity index (χ3v) is 4.13. The summed E-state index contributed by atoms with van der Waals surface area (Å²) >= 11 is 1.73. The first-order chi connectivity index (χ1) is 10.2. The van der Waals surface area contributed by atoms with Crippen molar-refractivity contribution in [3.63, 3.8) is 0 Å². The second kappa shape index (κ2) is 9.78. The first-order valence-corrected chi connectivity index (χ1v) is 7.85. The van der Waals surface area contributed by atoms with Gasteiger partial charge in [-0.15, -0.1) is 35.3 Å². The Labute approximate surface area is 152 Å². The molecule has 0 aliphatic heterocycles. The number of thiazole rings is 1. The summed E-state index contributed by atoms with van der Waals surface area (Å²) < 4.78 is 1.93. The molecule has 2 aromatic rings. The van der Waals surface area contributed by atoms with E-state index in [0.29, 0.717) is 0 Å². The summed E-state index contributed by atoms with van der Waals surface area (Å²) in [4.78, 5) is 9.91. The Hall–Kier alpha value is -1.16. The number of hydrogen-bond donors (Lipinski definition) is 2. The molecule has 22 heavy (non-hydrogen) atoms. The number of rotatable bonds is 6. The lowest BCUT2D eigenvalue weighted by Crippen LogP contribution is -2.37. The van der Waals surface area contributed by atoms with Crippen molar-refractivity contribution in [3.05, 3.63) is 34.0 Å². The zero-order chi connectivity index (χ0) is 15.1. The van der Waals surface area contributed by atoms with Crippen LogP contribution in [0.2, 0.25) is 0 Å². The maximum atomic E-state index is 4.43. The van der Waals surface area contributed by atoms with Gasteiger partial charge in [-0.05, 0) is 26.3 Å². The lowest BCUT2D eigenvalue weighted by Gasteiger charge is -2.11. The minimum Gasteiger partial charge on any atom is -0.356 e. The molecular weight excluding hydrogens is 411 g/mol. The summed E-state index contributed by atoms with van der Waals surface area (Å²) in [6, 6.07) is 1.94. The molecule has 2 N–H and O–H groups in total. The molecule has 0 saturated carbocycles. The van der Waals surface area contributed by atoms with Gasteiger partial charge in [0.1, 0.15) is 0 Å². The summed E-state index contributed by atoms with van der Waals surface area (Å²) in [5.74, 6) is 0.820. The fourth-order valence-electron chi connectivity index (χ4n) is 2.00. The van der Waals surface area contributed by atoms with Crippen LogP contribution < -0.4 is 10.6 Å². The smallest absolute Gasteiger partial charge is 0.191 e. The van der Waals surface area contributed by atoms with E-state index < -0.39 is 0 Å². The average Bonchev–Trinajstić information content (AvgIpc) is 3.08. The molecule has 0 unspecified atom stereocenters. The van der Waals surface area contributed by atoms with Gasteiger partial charge in [0.2, 0.25) is 0 Å². The number of aliphatic imine (C=N–C) groups is 1. The highest BCUT2D eigenvalue weighted by atomic mass is 127. The highest BCUT2D eigenvalue weighted by molar-refractivity contribution is 14.0. The molecule has 0 bridgehead atoms. The van der Waals surface area contributed by atoms with Gasteiger partial charge in [-0.2, -0.15) is 5.10 Å². The molecule has 0 fully saturated rings. The standard InChI is InChI=1S/C14H22N6S.HI/c1-11-13(21-12(2)19-11)10-17-14(15-3)16-6-4-8-20-9-5-7-18-20;/h5,7,9H,4,6,8,10H2,1-3H3,(H2,15,16,17);1H. The molecule has 0 radical (unpaired) electrons. The van der Waals surface area contributed by atoms with Crippen molar-refractivity contribution in [1.29, 1.82) is 0 Å². The average molecular weight is 434 g/mol. The van der Waals surface area contributed by atoms with Gasteiger partial charge in [-0.25, -0.2) is 4.98 Å². The largest absolute Gasteiger partial charge is 0.356 e. The molecule has 2 heterocycles.